The van der Waals surface area contributed by atoms with Crippen LogP contribution in [0.4, 0.5) is 0 Å². The molecule has 11 rings (SSSR count). The molecule has 11 aromatic rings. The molecule has 294 valence electrons. The molecule has 4 heterocycles. The fourth-order valence-corrected chi connectivity index (χ4v) is 10.1. The van der Waals surface area contributed by atoms with Gasteiger partial charge < -0.3 is 4.57 Å². The van der Waals surface area contributed by atoms with Crippen molar-refractivity contribution >= 4 is 75.1 Å². The SMILES string of the molecule is CC(C)(C)c1ccc2c(c1)c1cc(C(C)(C)C)ccc1n2-c1nc(-c2ccccc2)nc(-c2ccc(-n3c4ccccc4c4c5c(ccc43)sc3ccccc35)c(C#N)c2)n1. The first-order valence-corrected chi connectivity index (χ1v) is 21.6. The van der Waals surface area contributed by atoms with Crippen molar-refractivity contribution in [3.8, 4) is 40.5 Å². The number of hydrogen-bond acceptors (Lipinski definition) is 5. The first kappa shape index (κ1) is 36.9. The summed E-state index contributed by atoms with van der Waals surface area (Å²) in [5.74, 6) is 1.58. The summed E-state index contributed by atoms with van der Waals surface area (Å²) in [7, 11) is 0. The van der Waals surface area contributed by atoms with E-state index in [4.69, 9.17) is 15.0 Å². The number of thiophene rings is 1. The summed E-state index contributed by atoms with van der Waals surface area (Å²) in [6.07, 6.45) is 0. The fraction of sp³-hybridized carbons (Fsp3) is 0.148. The Labute approximate surface area is 358 Å². The molecule has 7 aromatic carbocycles. The molecule has 0 N–H and O–H groups in total. The topological polar surface area (TPSA) is 72.3 Å². The molecule has 0 aliphatic carbocycles. The van der Waals surface area contributed by atoms with Crippen LogP contribution in [0.5, 0.6) is 0 Å². The van der Waals surface area contributed by atoms with Gasteiger partial charge in [-0.2, -0.15) is 15.2 Å². The Balaban J connectivity index is 1.14. The second-order valence-corrected chi connectivity index (χ2v) is 19.2. The number of benzene rings is 7. The smallest absolute Gasteiger partial charge is 0.238 e. The molecule has 0 amide bonds. The third kappa shape index (κ3) is 5.85. The number of para-hydroxylation sites is 1. The van der Waals surface area contributed by atoms with Crippen LogP contribution in [0.15, 0.2) is 146 Å². The van der Waals surface area contributed by atoms with Gasteiger partial charge >= 0.3 is 0 Å². The average Bonchev–Trinajstić information content (AvgIpc) is 3.92. The van der Waals surface area contributed by atoms with E-state index in [-0.39, 0.29) is 10.8 Å². The first-order chi connectivity index (χ1) is 29.5. The molecule has 4 aromatic heterocycles. The molecule has 0 saturated heterocycles. The summed E-state index contributed by atoms with van der Waals surface area (Å²) >= 11 is 1.82. The van der Waals surface area contributed by atoms with Gasteiger partial charge in [-0.15, -0.1) is 11.3 Å². The van der Waals surface area contributed by atoms with Crippen molar-refractivity contribution in [1.29, 1.82) is 5.26 Å². The molecule has 0 unspecified atom stereocenters. The number of hydrogen-bond donors (Lipinski definition) is 0. The number of nitriles is 1. The number of nitrogens with zero attached hydrogens (tertiary/aromatic N) is 6. The van der Waals surface area contributed by atoms with E-state index in [0.29, 0.717) is 23.2 Å². The van der Waals surface area contributed by atoms with Crippen LogP contribution in [-0.2, 0) is 10.8 Å². The highest BCUT2D eigenvalue weighted by atomic mass is 32.1. The van der Waals surface area contributed by atoms with Crippen LogP contribution in [0.1, 0.15) is 58.2 Å². The van der Waals surface area contributed by atoms with Crippen molar-refractivity contribution in [2.45, 2.75) is 52.4 Å². The van der Waals surface area contributed by atoms with E-state index >= 15 is 0 Å². The lowest BCUT2D eigenvalue weighted by Crippen LogP contribution is -2.10. The maximum atomic E-state index is 10.9. The molecular formula is C54H42N6S. The minimum absolute atomic E-state index is 0.0283. The van der Waals surface area contributed by atoms with Crippen molar-refractivity contribution in [2.24, 2.45) is 0 Å². The summed E-state index contributed by atoms with van der Waals surface area (Å²) in [4.78, 5) is 15.6. The molecule has 0 radical (unpaired) electrons. The van der Waals surface area contributed by atoms with Crippen molar-refractivity contribution in [3.63, 3.8) is 0 Å². The van der Waals surface area contributed by atoms with E-state index in [1.165, 1.54) is 36.7 Å². The van der Waals surface area contributed by atoms with Gasteiger partial charge in [-0.05, 0) is 88.7 Å². The van der Waals surface area contributed by atoms with Crippen LogP contribution in [0, 0.1) is 11.3 Å². The van der Waals surface area contributed by atoms with Crippen LogP contribution >= 0.6 is 11.3 Å². The summed E-state index contributed by atoms with van der Waals surface area (Å²) in [6, 6.07) is 53.7. The molecule has 0 fully saturated rings. The summed E-state index contributed by atoms with van der Waals surface area (Å²) in [6.45, 7) is 13.5. The van der Waals surface area contributed by atoms with Crippen LogP contribution in [0.25, 0.3) is 98.2 Å². The first-order valence-electron chi connectivity index (χ1n) is 20.8. The van der Waals surface area contributed by atoms with Gasteiger partial charge in [0.1, 0.15) is 6.07 Å². The zero-order valence-corrected chi connectivity index (χ0v) is 35.8. The summed E-state index contributed by atoms with van der Waals surface area (Å²) in [5, 5.41) is 18.1. The molecular weight excluding hydrogens is 765 g/mol. The Morgan fingerprint density at radius 2 is 1.07 bits per heavy atom. The van der Waals surface area contributed by atoms with E-state index in [9.17, 15) is 5.26 Å². The molecule has 61 heavy (non-hydrogen) atoms. The standard InChI is InChI=1S/C54H42N6S/c1-53(2,3)35-21-24-43-39(29-35)40-30-36(54(4,5)6)22-25-44(40)60(43)52-57-50(32-14-8-7-9-15-32)56-51(58-52)33-20-23-41(34(28-33)31-55)59-42-18-12-10-16-37(42)48-45(59)26-27-47-49(48)38-17-11-13-19-46(38)61-47/h7-30H,1-6H3. The Morgan fingerprint density at radius 1 is 0.475 bits per heavy atom. The molecule has 6 nitrogen and oxygen atoms in total. The van der Waals surface area contributed by atoms with Gasteiger partial charge in [0.15, 0.2) is 11.6 Å². The molecule has 0 atom stereocenters. The Morgan fingerprint density at radius 3 is 1.74 bits per heavy atom. The number of rotatable bonds is 4. The molecule has 0 bridgehead atoms. The lowest BCUT2D eigenvalue weighted by molar-refractivity contribution is 0.590. The second kappa shape index (κ2) is 13.4. The zero-order chi connectivity index (χ0) is 41.8. The van der Waals surface area contributed by atoms with Crippen LogP contribution in [0.2, 0.25) is 0 Å². The van der Waals surface area contributed by atoms with E-state index in [0.717, 1.165) is 55.0 Å². The monoisotopic (exact) mass is 806 g/mol. The van der Waals surface area contributed by atoms with Gasteiger partial charge in [0.2, 0.25) is 5.95 Å². The molecule has 0 saturated carbocycles. The third-order valence-corrected chi connectivity index (χ3v) is 13.3. The summed E-state index contributed by atoms with van der Waals surface area (Å²) in [5.41, 5.74) is 9.59. The molecule has 0 aliphatic rings. The van der Waals surface area contributed by atoms with Crippen LogP contribution < -0.4 is 0 Å². The van der Waals surface area contributed by atoms with Crippen LogP contribution in [-0.4, -0.2) is 24.1 Å². The van der Waals surface area contributed by atoms with Gasteiger partial charge in [0, 0.05) is 52.8 Å². The normalized spacial score (nSPS) is 12.4. The quantitative estimate of drug-likeness (QED) is 0.178. The largest absolute Gasteiger partial charge is 0.308 e. The van der Waals surface area contributed by atoms with Gasteiger partial charge in [0.05, 0.1) is 33.3 Å². The van der Waals surface area contributed by atoms with Crippen molar-refractivity contribution in [3.05, 3.63) is 162 Å². The van der Waals surface area contributed by atoms with Crippen molar-refractivity contribution in [2.75, 3.05) is 0 Å². The number of fused-ring (bicyclic) bond motifs is 10. The highest BCUT2D eigenvalue weighted by molar-refractivity contribution is 7.26. The third-order valence-electron chi connectivity index (χ3n) is 12.1. The van der Waals surface area contributed by atoms with Crippen LogP contribution in [0.3, 0.4) is 0 Å². The highest BCUT2D eigenvalue weighted by Crippen LogP contribution is 2.44. The lowest BCUT2D eigenvalue weighted by atomic mass is 9.85. The Kier molecular flexibility index (Phi) is 8.13. The summed E-state index contributed by atoms with van der Waals surface area (Å²) < 4.78 is 6.93. The van der Waals surface area contributed by atoms with E-state index in [1.807, 2.05) is 59.9 Å². The molecule has 0 aliphatic heterocycles. The van der Waals surface area contributed by atoms with E-state index in [1.54, 1.807) is 0 Å². The van der Waals surface area contributed by atoms with Gasteiger partial charge in [0.25, 0.3) is 0 Å². The predicted molar refractivity (Wildman–Crippen MR) is 254 cm³/mol. The Hall–Kier alpha value is -7.14. The van der Waals surface area contributed by atoms with Gasteiger partial charge in [-0.1, -0.05) is 120 Å². The number of aromatic nitrogens is 5. The highest BCUT2D eigenvalue weighted by Gasteiger charge is 2.24. The van der Waals surface area contributed by atoms with Gasteiger partial charge in [-0.25, -0.2) is 4.98 Å². The second-order valence-electron chi connectivity index (χ2n) is 18.1. The molecule has 7 heteroatoms. The van der Waals surface area contributed by atoms with Crippen molar-refractivity contribution < 1.29 is 0 Å². The lowest BCUT2D eigenvalue weighted by Gasteiger charge is -2.19. The maximum Gasteiger partial charge on any atom is 0.238 e. The van der Waals surface area contributed by atoms with Crippen molar-refractivity contribution in [1.82, 2.24) is 24.1 Å². The zero-order valence-electron chi connectivity index (χ0n) is 34.9. The minimum Gasteiger partial charge on any atom is -0.308 e. The molecule has 0 spiro atoms. The average molecular weight is 807 g/mol. The Bertz CT molecular complexity index is 3550. The van der Waals surface area contributed by atoms with Gasteiger partial charge in [-0.3, -0.25) is 4.57 Å². The predicted octanol–water partition coefficient (Wildman–Crippen LogP) is 14.2. The maximum absolute atomic E-state index is 10.9. The van der Waals surface area contributed by atoms with E-state index in [2.05, 4.69) is 154 Å². The fourth-order valence-electron chi connectivity index (χ4n) is 8.98. The minimum atomic E-state index is -0.0283. The van der Waals surface area contributed by atoms with E-state index < -0.39 is 0 Å².